The number of nitrogens with one attached hydrogen (secondary N) is 1. The predicted octanol–water partition coefficient (Wildman–Crippen LogP) is 2.52. The second-order valence-electron chi connectivity index (χ2n) is 7.45. The molecule has 0 aliphatic carbocycles. The summed E-state index contributed by atoms with van der Waals surface area (Å²) >= 11 is 0. The third-order valence-corrected chi connectivity index (χ3v) is 4.45. The van der Waals surface area contributed by atoms with Gasteiger partial charge in [0.1, 0.15) is 17.4 Å². The predicted molar refractivity (Wildman–Crippen MR) is 114 cm³/mol. The summed E-state index contributed by atoms with van der Waals surface area (Å²) in [5.74, 6) is -0.413. The number of hydrogen-bond acceptors (Lipinski definition) is 5. The van der Waals surface area contributed by atoms with Crippen molar-refractivity contribution in [1.82, 2.24) is 9.55 Å². The summed E-state index contributed by atoms with van der Waals surface area (Å²) < 4.78 is 20.0. The van der Waals surface area contributed by atoms with Crippen LogP contribution in [0.25, 0.3) is 0 Å². The minimum absolute atomic E-state index is 0.00829. The van der Waals surface area contributed by atoms with Crippen LogP contribution in [0.1, 0.15) is 40.0 Å². The first-order valence-corrected chi connectivity index (χ1v) is 10.1. The Bertz CT molecular complexity index is 984. The average Bonchev–Trinajstić information content (AvgIpc) is 2.67. The molecular formula is C21H29FN4O4. The van der Waals surface area contributed by atoms with Crippen LogP contribution in [0.2, 0.25) is 0 Å². The van der Waals surface area contributed by atoms with Gasteiger partial charge in [0.15, 0.2) is 5.69 Å². The van der Waals surface area contributed by atoms with Gasteiger partial charge in [0, 0.05) is 19.2 Å². The number of rotatable bonds is 10. The Labute approximate surface area is 174 Å². The molecule has 0 unspecified atom stereocenters. The van der Waals surface area contributed by atoms with Crippen LogP contribution >= 0.6 is 0 Å². The summed E-state index contributed by atoms with van der Waals surface area (Å²) in [6, 6.07) is 5.63. The summed E-state index contributed by atoms with van der Waals surface area (Å²) in [5.41, 5.74) is 4.82. The van der Waals surface area contributed by atoms with Gasteiger partial charge in [-0.3, -0.25) is 19.1 Å². The van der Waals surface area contributed by atoms with Crippen molar-refractivity contribution in [2.75, 3.05) is 23.8 Å². The second kappa shape index (κ2) is 10.6. The van der Waals surface area contributed by atoms with E-state index in [1.54, 1.807) is 6.07 Å². The monoisotopic (exact) mass is 420 g/mol. The average molecular weight is 420 g/mol. The van der Waals surface area contributed by atoms with Crippen LogP contribution in [-0.2, 0) is 11.3 Å². The lowest BCUT2D eigenvalue weighted by Crippen LogP contribution is -2.42. The van der Waals surface area contributed by atoms with Crippen LogP contribution in [0.5, 0.6) is 5.75 Å². The number of aromatic amines is 1. The molecule has 2 aromatic rings. The zero-order valence-electron chi connectivity index (χ0n) is 17.6. The highest BCUT2D eigenvalue weighted by Crippen LogP contribution is 2.20. The lowest BCUT2D eigenvalue weighted by atomic mass is 10.2. The summed E-state index contributed by atoms with van der Waals surface area (Å²) in [7, 11) is 0. The van der Waals surface area contributed by atoms with Gasteiger partial charge >= 0.3 is 5.69 Å². The van der Waals surface area contributed by atoms with Crippen molar-refractivity contribution >= 4 is 17.4 Å². The first kappa shape index (κ1) is 23.2. The molecule has 0 radical (unpaired) electrons. The van der Waals surface area contributed by atoms with Gasteiger partial charge in [-0.15, -0.1) is 0 Å². The number of carbonyl (C=O) groups is 1. The van der Waals surface area contributed by atoms with E-state index in [-0.39, 0.29) is 42.9 Å². The first-order chi connectivity index (χ1) is 14.2. The van der Waals surface area contributed by atoms with E-state index in [0.29, 0.717) is 18.7 Å². The zero-order chi connectivity index (χ0) is 22.3. The summed E-state index contributed by atoms with van der Waals surface area (Å²) in [6.07, 6.45) is 1.41. The maximum atomic E-state index is 13.3. The molecule has 0 saturated carbocycles. The summed E-state index contributed by atoms with van der Waals surface area (Å²) in [6.45, 7) is 6.40. The van der Waals surface area contributed by atoms with Crippen LogP contribution in [0.4, 0.5) is 15.9 Å². The number of amides is 1. The van der Waals surface area contributed by atoms with E-state index in [1.807, 2.05) is 20.8 Å². The lowest BCUT2D eigenvalue weighted by Gasteiger charge is -2.25. The van der Waals surface area contributed by atoms with Crippen molar-refractivity contribution in [1.29, 1.82) is 0 Å². The third-order valence-electron chi connectivity index (χ3n) is 4.45. The fraction of sp³-hybridized carbons (Fsp3) is 0.476. The van der Waals surface area contributed by atoms with Gasteiger partial charge < -0.3 is 15.4 Å². The number of H-pyrrole nitrogens is 1. The van der Waals surface area contributed by atoms with E-state index in [4.69, 9.17) is 10.5 Å². The third kappa shape index (κ3) is 5.95. The van der Waals surface area contributed by atoms with Crippen LogP contribution in [0.3, 0.4) is 0 Å². The highest BCUT2D eigenvalue weighted by atomic mass is 19.1. The lowest BCUT2D eigenvalue weighted by molar-refractivity contribution is -0.119. The number of nitrogens with two attached hydrogens (primary N) is 1. The van der Waals surface area contributed by atoms with Crippen LogP contribution in [0.15, 0.2) is 33.9 Å². The van der Waals surface area contributed by atoms with Crippen molar-refractivity contribution < 1.29 is 13.9 Å². The Morgan fingerprint density at radius 3 is 2.70 bits per heavy atom. The molecule has 0 saturated heterocycles. The molecule has 0 aliphatic rings. The summed E-state index contributed by atoms with van der Waals surface area (Å²) in [4.78, 5) is 41.2. The second-order valence-corrected chi connectivity index (χ2v) is 7.45. The summed E-state index contributed by atoms with van der Waals surface area (Å²) in [5, 5.41) is 0. The van der Waals surface area contributed by atoms with E-state index in [0.717, 1.165) is 6.42 Å². The van der Waals surface area contributed by atoms with E-state index < -0.39 is 17.1 Å². The molecule has 9 heteroatoms. The SMILES string of the molecule is CCCCN(C(=O)CCOc1cccc(F)c1)c1c(N)n(CC(C)C)c(=O)[nH]c1=O. The quantitative estimate of drug-likeness (QED) is 0.614. The Hall–Kier alpha value is -3.10. The van der Waals surface area contributed by atoms with Crippen LogP contribution < -0.4 is 26.6 Å². The Morgan fingerprint density at radius 2 is 2.07 bits per heavy atom. The van der Waals surface area contributed by atoms with E-state index in [2.05, 4.69) is 4.98 Å². The highest BCUT2D eigenvalue weighted by Gasteiger charge is 2.24. The van der Waals surface area contributed by atoms with Crippen molar-refractivity contribution in [3.8, 4) is 5.75 Å². The molecule has 0 bridgehead atoms. The van der Waals surface area contributed by atoms with E-state index >= 15 is 0 Å². The van der Waals surface area contributed by atoms with E-state index in [1.165, 1.54) is 27.7 Å². The highest BCUT2D eigenvalue weighted by molar-refractivity contribution is 5.95. The minimum Gasteiger partial charge on any atom is -0.493 e. The molecule has 2 rings (SSSR count). The molecule has 0 aliphatic heterocycles. The fourth-order valence-electron chi connectivity index (χ4n) is 3.01. The number of nitrogen functional groups attached to an aromatic ring is 1. The minimum atomic E-state index is -0.701. The van der Waals surface area contributed by atoms with Gasteiger partial charge in [-0.05, 0) is 24.5 Å². The van der Waals surface area contributed by atoms with Crippen LogP contribution in [-0.4, -0.2) is 28.6 Å². The van der Waals surface area contributed by atoms with Crippen molar-refractivity contribution in [2.45, 2.75) is 46.6 Å². The van der Waals surface area contributed by atoms with Gasteiger partial charge in [-0.25, -0.2) is 9.18 Å². The number of unbranched alkanes of at least 4 members (excludes halogenated alkanes) is 1. The maximum absolute atomic E-state index is 13.3. The van der Waals surface area contributed by atoms with Crippen molar-refractivity contribution in [2.24, 2.45) is 5.92 Å². The van der Waals surface area contributed by atoms with Gasteiger partial charge in [0.2, 0.25) is 5.91 Å². The molecule has 1 aromatic heterocycles. The standard InChI is InChI=1S/C21H29FN4O4/c1-4-5-10-25(17(27)9-11-30-16-8-6-7-15(22)12-16)18-19(23)26(13-14(2)3)21(29)24-20(18)28/h6-8,12,14H,4-5,9-11,13,23H2,1-3H3,(H,24,28,29). The van der Waals surface area contributed by atoms with E-state index in [9.17, 15) is 18.8 Å². The number of aromatic nitrogens is 2. The molecule has 3 N–H and O–H groups in total. The smallest absolute Gasteiger partial charge is 0.330 e. The molecule has 8 nitrogen and oxygen atoms in total. The molecule has 0 atom stereocenters. The normalized spacial score (nSPS) is 11.0. The molecular weight excluding hydrogens is 391 g/mol. The number of halogens is 1. The number of carbonyl (C=O) groups excluding carboxylic acids is 1. The number of nitrogens with zero attached hydrogens (tertiary/aromatic N) is 2. The molecule has 1 aromatic carbocycles. The zero-order valence-corrected chi connectivity index (χ0v) is 17.6. The first-order valence-electron chi connectivity index (χ1n) is 10.1. The largest absolute Gasteiger partial charge is 0.493 e. The van der Waals surface area contributed by atoms with Crippen molar-refractivity contribution in [3.05, 3.63) is 50.9 Å². The Balaban J connectivity index is 2.27. The molecule has 1 heterocycles. The van der Waals surface area contributed by atoms with Crippen LogP contribution in [0, 0.1) is 11.7 Å². The molecule has 0 spiro atoms. The van der Waals surface area contributed by atoms with Gasteiger partial charge in [0.05, 0.1) is 13.0 Å². The molecule has 30 heavy (non-hydrogen) atoms. The fourth-order valence-corrected chi connectivity index (χ4v) is 3.01. The van der Waals surface area contributed by atoms with Gasteiger partial charge in [-0.2, -0.15) is 0 Å². The maximum Gasteiger partial charge on any atom is 0.330 e. The number of benzene rings is 1. The number of hydrogen-bond donors (Lipinski definition) is 2. The number of ether oxygens (including phenoxy) is 1. The topological polar surface area (TPSA) is 110 Å². The Kier molecular flexibility index (Phi) is 8.20. The molecule has 1 amide bonds. The number of anilines is 2. The Morgan fingerprint density at radius 1 is 1.33 bits per heavy atom. The molecule has 0 fully saturated rings. The van der Waals surface area contributed by atoms with Crippen molar-refractivity contribution in [3.63, 3.8) is 0 Å². The molecule has 164 valence electrons. The van der Waals surface area contributed by atoms with Gasteiger partial charge in [0.25, 0.3) is 5.56 Å². The van der Waals surface area contributed by atoms with Gasteiger partial charge in [-0.1, -0.05) is 33.3 Å².